The number of hydrogen-bond donors (Lipinski definition) is 1. The molecule has 20 heavy (non-hydrogen) atoms. The Morgan fingerprint density at radius 1 is 1.15 bits per heavy atom. The Morgan fingerprint density at radius 3 is 2.65 bits per heavy atom. The van der Waals surface area contributed by atoms with E-state index in [1.807, 2.05) is 18.2 Å². The van der Waals surface area contributed by atoms with Crippen molar-refractivity contribution in [1.29, 1.82) is 0 Å². The Morgan fingerprint density at radius 2 is 1.90 bits per heavy atom. The number of hydrogen-bond acceptors (Lipinski definition) is 2. The van der Waals surface area contributed by atoms with Crippen LogP contribution in [0.2, 0.25) is 5.02 Å². The summed E-state index contributed by atoms with van der Waals surface area (Å²) in [4.78, 5) is 4.71. The van der Waals surface area contributed by atoms with E-state index < -0.39 is 0 Å². The zero-order valence-electron chi connectivity index (χ0n) is 12.1. The average Bonchev–Trinajstić information content (AvgIpc) is 2.41. The molecule has 106 valence electrons. The van der Waals surface area contributed by atoms with Crippen LogP contribution in [0.3, 0.4) is 0 Å². The largest absolute Gasteiger partial charge is 0.367 e. The van der Waals surface area contributed by atoms with Gasteiger partial charge in [-0.3, -0.25) is 0 Å². The molecule has 2 nitrogen and oxygen atoms in total. The van der Waals surface area contributed by atoms with Crippen molar-refractivity contribution >= 4 is 28.3 Å². The van der Waals surface area contributed by atoms with Crippen molar-refractivity contribution in [3.63, 3.8) is 0 Å². The van der Waals surface area contributed by atoms with Crippen LogP contribution < -0.4 is 5.32 Å². The topological polar surface area (TPSA) is 24.9 Å². The number of anilines is 1. The second kappa shape index (κ2) is 5.61. The molecule has 1 aromatic carbocycles. The molecular formula is C17H21ClN2. The van der Waals surface area contributed by atoms with Crippen LogP contribution >= 0.6 is 11.6 Å². The van der Waals surface area contributed by atoms with Crippen LogP contribution in [0.15, 0.2) is 24.3 Å². The summed E-state index contributed by atoms with van der Waals surface area (Å²) in [5, 5.41) is 5.52. The first-order chi connectivity index (χ1) is 9.61. The van der Waals surface area contributed by atoms with Gasteiger partial charge in [0.05, 0.1) is 5.52 Å². The van der Waals surface area contributed by atoms with Gasteiger partial charge < -0.3 is 5.32 Å². The summed E-state index contributed by atoms with van der Waals surface area (Å²) in [5.74, 6) is 1.86. The smallest absolute Gasteiger partial charge is 0.127 e. The molecule has 0 aliphatic heterocycles. The van der Waals surface area contributed by atoms with E-state index >= 15 is 0 Å². The third kappa shape index (κ3) is 2.90. The molecule has 1 aliphatic rings. The van der Waals surface area contributed by atoms with Crippen LogP contribution in [-0.2, 0) is 0 Å². The molecule has 1 aliphatic carbocycles. The molecule has 1 N–H and O–H groups in total. The first-order valence-corrected chi connectivity index (χ1v) is 7.83. The Hall–Kier alpha value is -1.28. The molecule has 1 saturated carbocycles. The normalized spacial score (nSPS) is 22.9. The number of aromatic nitrogens is 1. The first kappa shape index (κ1) is 13.7. The van der Waals surface area contributed by atoms with E-state index in [0.717, 1.165) is 22.3 Å². The molecule has 1 heterocycles. The van der Waals surface area contributed by atoms with Crippen LogP contribution in [0, 0.1) is 12.8 Å². The van der Waals surface area contributed by atoms with Gasteiger partial charge in [0, 0.05) is 16.5 Å². The molecule has 0 unspecified atom stereocenters. The van der Waals surface area contributed by atoms with Gasteiger partial charge in [-0.05, 0) is 62.3 Å². The summed E-state index contributed by atoms with van der Waals surface area (Å²) in [7, 11) is 0. The second-order valence-corrected chi connectivity index (χ2v) is 6.52. The highest BCUT2D eigenvalue weighted by Crippen LogP contribution is 2.28. The third-order valence-corrected chi connectivity index (χ3v) is 4.58. The minimum absolute atomic E-state index is 0.565. The second-order valence-electron chi connectivity index (χ2n) is 6.09. The Labute approximate surface area is 125 Å². The number of fused-ring (bicyclic) bond motifs is 1. The maximum Gasteiger partial charge on any atom is 0.127 e. The highest BCUT2D eigenvalue weighted by Gasteiger charge is 2.18. The lowest BCUT2D eigenvalue weighted by Crippen LogP contribution is -2.25. The lowest BCUT2D eigenvalue weighted by molar-refractivity contribution is 0.361. The van der Waals surface area contributed by atoms with E-state index in [0.29, 0.717) is 6.04 Å². The van der Waals surface area contributed by atoms with Crippen molar-refractivity contribution in [2.24, 2.45) is 5.92 Å². The highest BCUT2D eigenvalue weighted by atomic mass is 35.5. The van der Waals surface area contributed by atoms with Crippen molar-refractivity contribution in [1.82, 2.24) is 4.98 Å². The van der Waals surface area contributed by atoms with Gasteiger partial charge >= 0.3 is 0 Å². The van der Waals surface area contributed by atoms with Gasteiger partial charge in [0.25, 0.3) is 0 Å². The monoisotopic (exact) mass is 288 g/mol. The van der Waals surface area contributed by atoms with E-state index in [9.17, 15) is 0 Å². The highest BCUT2D eigenvalue weighted by molar-refractivity contribution is 6.31. The maximum absolute atomic E-state index is 6.07. The molecule has 1 fully saturated rings. The summed E-state index contributed by atoms with van der Waals surface area (Å²) in [6, 6.07) is 8.63. The zero-order chi connectivity index (χ0) is 14.1. The van der Waals surface area contributed by atoms with Crippen molar-refractivity contribution in [3.05, 3.63) is 34.9 Å². The SMILES string of the molecule is Cc1cc(NC2CCC(C)CC2)nc2cc(Cl)ccc12. The fraction of sp³-hybridized carbons (Fsp3) is 0.471. The van der Waals surface area contributed by atoms with Crippen molar-refractivity contribution in [2.75, 3.05) is 5.32 Å². The maximum atomic E-state index is 6.07. The molecule has 0 bridgehead atoms. The molecular weight excluding hydrogens is 268 g/mol. The van der Waals surface area contributed by atoms with E-state index in [1.54, 1.807) is 0 Å². The standard InChI is InChI=1S/C17H21ClN2/c1-11-3-6-14(7-4-11)19-17-9-12(2)15-8-5-13(18)10-16(15)20-17/h5,8-11,14H,3-4,6-7H2,1-2H3,(H,19,20). The Kier molecular flexibility index (Phi) is 3.84. The summed E-state index contributed by atoms with van der Waals surface area (Å²) in [5.41, 5.74) is 2.22. The number of pyridine rings is 1. The van der Waals surface area contributed by atoms with Gasteiger partial charge in [-0.25, -0.2) is 4.98 Å². The van der Waals surface area contributed by atoms with Crippen LogP contribution in [0.4, 0.5) is 5.82 Å². The van der Waals surface area contributed by atoms with Crippen LogP contribution in [0.1, 0.15) is 38.2 Å². The molecule has 3 rings (SSSR count). The molecule has 1 aromatic heterocycles. The van der Waals surface area contributed by atoms with E-state index in [1.165, 1.54) is 36.6 Å². The van der Waals surface area contributed by atoms with Gasteiger partial charge in [0.2, 0.25) is 0 Å². The number of aryl methyl sites for hydroxylation is 1. The van der Waals surface area contributed by atoms with Crippen molar-refractivity contribution in [3.8, 4) is 0 Å². The van der Waals surface area contributed by atoms with Gasteiger partial charge in [0.15, 0.2) is 0 Å². The number of rotatable bonds is 2. The van der Waals surface area contributed by atoms with Gasteiger partial charge in [0.1, 0.15) is 5.82 Å². The predicted octanol–water partition coefficient (Wildman–Crippen LogP) is 5.19. The fourth-order valence-corrected chi connectivity index (χ4v) is 3.23. The Balaban J connectivity index is 1.84. The summed E-state index contributed by atoms with van der Waals surface area (Å²) in [6.45, 7) is 4.47. The van der Waals surface area contributed by atoms with E-state index in [-0.39, 0.29) is 0 Å². The van der Waals surface area contributed by atoms with Crippen LogP contribution in [-0.4, -0.2) is 11.0 Å². The van der Waals surface area contributed by atoms with Gasteiger partial charge in [-0.1, -0.05) is 24.6 Å². The van der Waals surface area contributed by atoms with Gasteiger partial charge in [-0.2, -0.15) is 0 Å². The van der Waals surface area contributed by atoms with Gasteiger partial charge in [-0.15, -0.1) is 0 Å². The third-order valence-electron chi connectivity index (χ3n) is 4.35. The minimum atomic E-state index is 0.565. The number of nitrogens with one attached hydrogen (secondary N) is 1. The minimum Gasteiger partial charge on any atom is -0.367 e. The van der Waals surface area contributed by atoms with Crippen LogP contribution in [0.25, 0.3) is 10.9 Å². The van der Waals surface area contributed by atoms with Crippen molar-refractivity contribution in [2.45, 2.75) is 45.6 Å². The van der Waals surface area contributed by atoms with Crippen LogP contribution in [0.5, 0.6) is 0 Å². The van der Waals surface area contributed by atoms with E-state index in [2.05, 4.69) is 25.2 Å². The number of benzene rings is 1. The lowest BCUT2D eigenvalue weighted by atomic mass is 9.87. The number of nitrogens with zero attached hydrogens (tertiary/aromatic N) is 1. The summed E-state index contributed by atoms with van der Waals surface area (Å²) < 4.78 is 0. The first-order valence-electron chi connectivity index (χ1n) is 7.45. The molecule has 3 heteroatoms. The van der Waals surface area contributed by atoms with Crippen molar-refractivity contribution < 1.29 is 0 Å². The average molecular weight is 289 g/mol. The molecule has 0 spiro atoms. The predicted molar refractivity (Wildman–Crippen MR) is 86.5 cm³/mol. The molecule has 0 atom stereocenters. The molecule has 0 amide bonds. The lowest BCUT2D eigenvalue weighted by Gasteiger charge is -2.27. The Bertz CT molecular complexity index is 616. The molecule has 0 radical (unpaired) electrons. The van der Waals surface area contributed by atoms with E-state index in [4.69, 9.17) is 16.6 Å². The molecule has 0 saturated heterocycles. The summed E-state index contributed by atoms with van der Waals surface area (Å²) >= 11 is 6.07. The summed E-state index contributed by atoms with van der Waals surface area (Å²) in [6.07, 6.45) is 5.12. The number of halogens is 1. The molecule has 2 aromatic rings. The fourth-order valence-electron chi connectivity index (χ4n) is 3.06. The zero-order valence-corrected chi connectivity index (χ0v) is 12.9. The quantitative estimate of drug-likeness (QED) is 0.823.